The van der Waals surface area contributed by atoms with E-state index in [1.807, 2.05) is 19.1 Å². The first-order valence-electron chi connectivity index (χ1n) is 12.9. The van der Waals surface area contributed by atoms with Gasteiger partial charge in [0.15, 0.2) is 0 Å². The maximum atomic E-state index is 12.0. The van der Waals surface area contributed by atoms with Crippen LogP contribution in [0.1, 0.15) is 5.56 Å². The average Bonchev–Trinajstić information content (AvgIpc) is 2.92. The maximum absolute atomic E-state index is 12.0. The highest BCUT2D eigenvalue weighted by molar-refractivity contribution is 7.86. The molecular weight excluding hydrogens is 530 g/mol. The third-order valence-corrected chi connectivity index (χ3v) is 6.34. The summed E-state index contributed by atoms with van der Waals surface area (Å²) < 4.78 is 67.1. The van der Waals surface area contributed by atoms with E-state index < -0.39 is 10.1 Å². The van der Waals surface area contributed by atoms with Crippen LogP contribution in [0, 0.1) is 6.92 Å². The van der Waals surface area contributed by atoms with Crippen molar-refractivity contribution in [2.24, 2.45) is 0 Å². The molecule has 0 saturated carbocycles. The number of nitrogens with two attached hydrogens (primary N) is 1. The molecule has 0 saturated heterocycles. The Morgan fingerprint density at radius 2 is 0.923 bits per heavy atom. The zero-order valence-electron chi connectivity index (χ0n) is 22.6. The Morgan fingerprint density at radius 1 is 0.538 bits per heavy atom. The van der Waals surface area contributed by atoms with Crippen molar-refractivity contribution in [1.29, 1.82) is 0 Å². The van der Waals surface area contributed by atoms with E-state index in [2.05, 4.69) is 0 Å². The summed E-state index contributed by atoms with van der Waals surface area (Å²) in [5, 5.41) is 0. The molecule has 0 aromatic heterocycles. The Bertz CT molecular complexity index is 971. The smallest absolute Gasteiger partial charge is 0.297 e. The number of benzene rings is 2. The molecule has 0 fully saturated rings. The molecular formula is C27H41NO10S. The Kier molecular flexibility index (Phi) is 17.4. The third kappa shape index (κ3) is 16.4. The molecule has 0 amide bonds. The summed E-state index contributed by atoms with van der Waals surface area (Å²) in [6.45, 7) is 7.37. The number of aryl methyl sites for hydroxylation is 1. The molecule has 0 unspecified atom stereocenters. The van der Waals surface area contributed by atoms with Gasteiger partial charge in [-0.25, -0.2) is 0 Å². The molecule has 0 aliphatic rings. The van der Waals surface area contributed by atoms with E-state index in [0.717, 1.165) is 11.3 Å². The predicted octanol–water partition coefficient (Wildman–Crippen LogP) is 2.46. The predicted molar refractivity (Wildman–Crippen MR) is 146 cm³/mol. The molecule has 2 N–H and O–H groups in total. The summed E-state index contributed by atoms with van der Waals surface area (Å²) >= 11 is 0. The molecule has 0 radical (unpaired) electrons. The van der Waals surface area contributed by atoms with Crippen LogP contribution < -0.4 is 10.5 Å². The number of anilines is 1. The number of nitrogen functional groups attached to an aromatic ring is 1. The van der Waals surface area contributed by atoms with Crippen molar-refractivity contribution in [3.05, 3.63) is 54.1 Å². The topological polar surface area (TPSA) is 134 Å². The van der Waals surface area contributed by atoms with Crippen molar-refractivity contribution in [3.63, 3.8) is 0 Å². The fourth-order valence-corrected chi connectivity index (χ4v) is 3.85. The minimum absolute atomic E-state index is 0.0560. The number of hydrogen-bond donors (Lipinski definition) is 1. The quantitative estimate of drug-likeness (QED) is 0.113. The van der Waals surface area contributed by atoms with E-state index >= 15 is 0 Å². The highest BCUT2D eigenvalue weighted by atomic mass is 32.2. The Balaban J connectivity index is 1.25. The molecule has 2 aromatic rings. The van der Waals surface area contributed by atoms with Crippen LogP contribution in [-0.2, 0) is 42.7 Å². The second kappa shape index (κ2) is 20.6. The summed E-state index contributed by atoms with van der Waals surface area (Å²) in [7, 11) is -3.77. The summed E-state index contributed by atoms with van der Waals surface area (Å²) in [5.41, 5.74) is 7.30. The van der Waals surface area contributed by atoms with Crippen LogP contribution >= 0.6 is 0 Å². The second-order valence-corrected chi connectivity index (χ2v) is 9.80. The molecule has 2 rings (SSSR count). The number of ether oxygens (including phenoxy) is 7. The lowest BCUT2D eigenvalue weighted by atomic mass is 10.2. The largest absolute Gasteiger partial charge is 0.491 e. The van der Waals surface area contributed by atoms with Gasteiger partial charge in [-0.3, -0.25) is 4.18 Å². The van der Waals surface area contributed by atoms with Crippen LogP contribution in [0.5, 0.6) is 5.75 Å². The molecule has 2 aromatic carbocycles. The van der Waals surface area contributed by atoms with Crippen molar-refractivity contribution in [3.8, 4) is 5.75 Å². The molecule has 39 heavy (non-hydrogen) atoms. The Hall–Kier alpha value is -2.29. The molecule has 0 spiro atoms. The maximum Gasteiger partial charge on any atom is 0.297 e. The minimum atomic E-state index is -3.77. The van der Waals surface area contributed by atoms with E-state index in [4.69, 9.17) is 43.1 Å². The monoisotopic (exact) mass is 571 g/mol. The van der Waals surface area contributed by atoms with Crippen molar-refractivity contribution >= 4 is 15.8 Å². The van der Waals surface area contributed by atoms with Crippen LogP contribution in [0.25, 0.3) is 0 Å². The minimum Gasteiger partial charge on any atom is -0.491 e. The van der Waals surface area contributed by atoms with Crippen molar-refractivity contribution in [1.82, 2.24) is 0 Å². The van der Waals surface area contributed by atoms with Gasteiger partial charge >= 0.3 is 0 Å². The molecule has 0 atom stereocenters. The highest BCUT2D eigenvalue weighted by Crippen LogP contribution is 2.13. The molecule has 12 heteroatoms. The fraction of sp³-hybridized carbons (Fsp3) is 0.556. The van der Waals surface area contributed by atoms with E-state index in [-0.39, 0.29) is 18.1 Å². The lowest BCUT2D eigenvalue weighted by Crippen LogP contribution is -2.15. The van der Waals surface area contributed by atoms with Crippen LogP contribution in [0.15, 0.2) is 53.4 Å². The van der Waals surface area contributed by atoms with Crippen LogP contribution in [-0.4, -0.2) is 101 Å². The molecule has 0 aliphatic carbocycles. The zero-order valence-corrected chi connectivity index (χ0v) is 23.4. The van der Waals surface area contributed by atoms with Gasteiger partial charge < -0.3 is 38.9 Å². The first-order valence-corrected chi connectivity index (χ1v) is 14.3. The van der Waals surface area contributed by atoms with Gasteiger partial charge in [0.2, 0.25) is 0 Å². The fourth-order valence-electron chi connectivity index (χ4n) is 2.96. The van der Waals surface area contributed by atoms with E-state index in [1.54, 1.807) is 24.3 Å². The van der Waals surface area contributed by atoms with Crippen molar-refractivity contribution in [2.45, 2.75) is 11.8 Å². The number of rotatable bonds is 24. The van der Waals surface area contributed by atoms with Gasteiger partial charge in [0, 0.05) is 5.69 Å². The molecule has 0 aliphatic heterocycles. The van der Waals surface area contributed by atoms with E-state index in [0.29, 0.717) is 85.0 Å². The SMILES string of the molecule is Cc1ccc(S(=O)(=O)OCCOCCOCCOCCOCCOCCOCCOc2ccc(N)cc2)cc1. The van der Waals surface area contributed by atoms with Gasteiger partial charge in [-0.15, -0.1) is 0 Å². The molecule has 11 nitrogen and oxygen atoms in total. The molecule has 0 bridgehead atoms. The molecule has 220 valence electrons. The Morgan fingerprint density at radius 3 is 1.36 bits per heavy atom. The van der Waals surface area contributed by atoms with Gasteiger partial charge in [0.1, 0.15) is 12.4 Å². The Labute approximate surface area is 231 Å². The number of hydrogen-bond acceptors (Lipinski definition) is 11. The van der Waals surface area contributed by atoms with E-state index in [9.17, 15) is 8.42 Å². The summed E-state index contributed by atoms with van der Waals surface area (Å²) in [5.74, 6) is 0.761. The standard InChI is InChI=1S/C27H41NO10S/c1-24-2-8-27(9-3-24)39(29,30)38-23-21-36-19-17-34-15-13-32-11-10-31-12-14-33-16-18-35-20-22-37-26-6-4-25(28)5-7-26/h2-9H,10-23,28H2,1H3. The van der Waals surface area contributed by atoms with E-state index in [1.165, 1.54) is 12.1 Å². The lowest BCUT2D eigenvalue weighted by Gasteiger charge is -2.09. The van der Waals surface area contributed by atoms with Crippen molar-refractivity contribution in [2.75, 3.05) is 98.2 Å². The summed E-state index contributed by atoms with van der Waals surface area (Å²) in [6.07, 6.45) is 0. The normalized spacial score (nSPS) is 11.6. The van der Waals surface area contributed by atoms with Gasteiger partial charge in [-0.1, -0.05) is 17.7 Å². The molecule has 0 heterocycles. The summed E-state index contributed by atoms with van der Waals surface area (Å²) in [6, 6.07) is 13.7. The van der Waals surface area contributed by atoms with Gasteiger partial charge in [-0.2, -0.15) is 8.42 Å². The third-order valence-electron chi connectivity index (χ3n) is 5.01. The van der Waals surface area contributed by atoms with Crippen molar-refractivity contribution < 1.29 is 45.8 Å². The van der Waals surface area contributed by atoms with Crippen LogP contribution in [0.2, 0.25) is 0 Å². The lowest BCUT2D eigenvalue weighted by molar-refractivity contribution is -0.0186. The first kappa shape index (κ1) is 32.9. The zero-order chi connectivity index (χ0) is 28.0. The highest BCUT2D eigenvalue weighted by Gasteiger charge is 2.14. The average molecular weight is 572 g/mol. The van der Waals surface area contributed by atoms with Crippen LogP contribution in [0.4, 0.5) is 5.69 Å². The van der Waals surface area contributed by atoms with Gasteiger partial charge in [0.05, 0.1) is 90.8 Å². The first-order chi connectivity index (χ1) is 19.0. The van der Waals surface area contributed by atoms with Gasteiger partial charge in [0.25, 0.3) is 10.1 Å². The van der Waals surface area contributed by atoms with Crippen LogP contribution in [0.3, 0.4) is 0 Å². The summed E-state index contributed by atoms with van der Waals surface area (Å²) in [4.78, 5) is 0.130. The second-order valence-electron chi connectivity index (χ2n) is 8.18. The van der Waals surface area contributed by atoms with Gasteiger partial charge in [-0.05, 0) is 43.3 Å².